The van der Waals surface area contributed by atoms with Crippen LogP contribution in [0.5, 0.6) is 0 Å². The van der Waals surface area contributed by atoms with E-state index in [1.165, 1.54) is 35.9 Å². The lowest BCUT2D eigenvalue weighted by atomic mass is 9.90. The Morgan fingerprint density at radius 3 is 2.10 bits per heavy atom. The molecule has 3 heterocycles. The second kappa shape index (κ2) is 11.2. The van der Waals surface area contributed by atoms with Crippen LogP contribution < -0.4 is 9.80 Å². The van der Waals surface area contributed by atoms with Gasteiger partial charge in [-0.25, -0.2) is 8.42 Å². The molecule has 0 radical (unpaired) electrons. The van der Waals surface area contributed by atoms with Crippen LogP contribution in [0.2, 0.25) is 0 Å². The molecule has 1 amide bonds. The Balaban J connectivity index is 1.16. The number of rotatable bonds is 6. The van der Waals surface area contributed by atoms with Crippen molar-refractivity contribution in [3.63, 3.8) is 0 Å². The Kier molecular flexibility index (Phi) is 7.49. The van der Waals surface area contributed by atoms with Gasteiger partial charge < -0.3 is 9.80 Å². The van der Waals surface area contributed by atoms with Crippen LogP contribution in [0.4, 0.5) is 11.4 Å². The first-order valence-electron chi connectivity index (χ1n) is 13.6. The highest BCUT2D eigenvalue weighted by molar-refractivity contribution is 8.16. The van der Waals surface area contributed by atoms with Crippen LogP contribution in [0.15, 0.2) is 89.9 Å². The minimum atomic E-state index is -3.11. The van der Waals surface area contributed by atoms with E-state index in [2.05, 4.69) is 64.5 Å². The molecular weight excluding hydrogens is 526 g/mol. The highest BCUT2D eigenvalue weighted by Gasteiger charge is 2.49. The van der Waals surface area contributed by atoms with Crippen LogP contribution >= 0.6 is 11.8 Å². The highest BCUT2D eigenvalue weighted by atomic mass is 32.2. The summed E-state index contributed by atoms with van der Waals surface area (Å²) in [5, 5.41) is 0.497. The first-order valence-corrected chi connectivity index (χ1v) is 16.3. The number of anilines is 2. The van der Waals surface area contributed by atoms with E-state index >= 15 is 0 Å². The maximum absolute atomic E-state index is 12.8. The normalized spacial score (nSPS) is 23.7. The molecule has 202 valence electrons. The molecule has 6 rings (SSSR count). The summed E-state index contributed by atoms with van der Waals surface area (Å²) in [4.78, 5) is 21.7. The zero-order valence-corrected chi connectivity index (χ0v) is 23.5. The van der Waals surface area contributed by atoms with Crippen molar-refractivity contribution in [3.8, 4) is 0 Å². The van der Waals surface area contributed by atoms with Crippen molar-refractivity contribution in [2.45, 2.75) is 37.0 Å². The third kappa shape index (κ3) is 6.07. The zero-order chi connectivity index (χ0) is 26.8. The Bertz CT molecular complexity index is 1440. The van der Waals surface area contributed by atoms with E-state index in [4.69, 9.17) is 0 Å². The summed E-state index contributed by atoms with van der Waals surface area (Å²) in [5.74, 6) is 0.707. The number of benzene rings is 3. The number of nitrogens with zero attached hydrogens (tertiary/aromatic N) is 3. The van der Waals surface area contributed by atoms with Gasteiger partial charge in [-0.1, -0.05) is 72.4 Å². The fourth-order valence-electron chi connectivity index (χ4n) is 5.95. The first-order chi connectivity index (χ1) is 18.9. The predicted octanol–water partition coefficient (Wildman–Crippen LogP) is 4.99. The Morgan fingerprint density at radius 2 is 1.44 bits per heavy atom. The summed E-state index contributed by atoms with van der Waals surface area (Å²) >= 11 is 1.42. The fourth-order valence-corrected chi connectivity index (χ4v) is 9.88. The Hall–Kier alpha value is -3.10. The molecule has 0 N–H and O–H groups in total. The molecule has 3 aliphatic rings. The van der Waals surface area contributed by atoms with Crippen LogP contribution in [-0.2, 0) is 27.5 Å². The molecule has 39 heavy (non-hydrogen) atoms. The van der Waals surface area contributed by atoms with Gasteiger partial charge in [-0.2, -0.15) is 4.99 Å². The molecule has 3 aromatic carbocycles. The topological polar surface area (TPSA) is 70.0 Å². The number of piperidine rings is 1. The van der Waals surface area contributed by atoms with Crippen molar-refractivity contribution in [1.82, 2.24) is 0 Å². The Labute approximate surface area is 235 Å². The van der Waals surface area contributed by atoms with Gasteiger partial charge >= 0.3 is 0 Å². The Morgan fingerprint density at radius 1 is 0.821 bits per heavy atom. The SMILES string of the molecule is O=C(Cc1ccccc1)N=C1S[C@H]2CS(=O)(=O)C[C@@H]2N1c1ccc(N2CCC(Cc3ccccc3)CC2)cc1. The van der Waals surface area contributed by atoms with Gasteiger partial charge in [0.2, 0.25) is 0 Å². The summed E-state index contributed by atoms with van der Waals surface area (Å²) in [6.45, 7) is 2.06. The number of carbonyl (C=O) groups excluding carboxylic acids is 1. The highest BCUT2D eigenvalue weighted by Crippen LogP contribution is 2.41. The summed E-state index contributed by atoms with van der Waals surface area (Å²) in [7, 11) is -3.11. The minimum absolute atomic E-state index is 0.0905. The van der Waals surface area contributed by atoms with Crippen molar-refractivity contribution in [3.05, 3.63) is 96.1 Å². The second-order valence-electron chi connectivity index (χ2n) is 10.8. The number of hydrogen-bond donors (Lipinski definition) is 0. The van der Waals surface area contributed by atoms with Crippen LogP contribution in [0.3, 0.4) is 0 Å². The van der Waals surface area contributed by atoms with Crippen LogP contribution in [0, 0.1) is 5.92 Å². The van der Waals surface area contributed by atoms with E-state index in [9.17, 15) is 13.2 Å². The first kappa shape index (κ1) is 26.1. The smallest absolute Gasteiger partial charge is 0.252 e. The fraction of sp³-hybridized carbons (Fsp3) is 0.355. The number of thioether (sulfide) groups is 1. The van der Waals surface area contributed by atoms with E-state index in [0.29, 0.717) is 11.1 Å². The maximum Gasteiger partial charge on any atom is 0.252 e. The van der Waals surface area contributed by atoms with Gasteiger partial charge in [0, 0.05) is 29.7 Å². The van der Waals surface area contributed by atoms with Gasteiger partial charge in [-0.3, -0.25) is 4.79 Å². The third-order valence-corrected chi connectivity index (χ3v) is 11.2. The molecule has 2 atom stereocenters. The zero-order valence-electron chi connectivity index (χ0n) is 21.9. The molecule has 0 aromatic heterocycles. The van der Waals surface area contributed by atoms with Crippen LogP contribution in [0.1, 0.15) is 24.0 Å². The summed E-state index contributed by atoms with van der Waals surface area (Å²) in [6, 6.07) is 28.5. The lowest BCUT2D eigenvalue weighted by molar-refractivity contribution is -0.117. The molecule has 3 aromatic rings. The molecule has 3 aliphatic heterocycles. The molecule has 8 heteroatoms. The van der Waals surface area contributed by atoms with Gasteiger partial charge in [-0.05, 0) is 60.6 Å². The third-order valence-electron chi connectivity index (χ3n) is 7.96. The van der Waals surface area contributed by atoms with E-state index in [1.54, 1.807) is 0 Å². The number of carbonyl (C=O) groups is 1. The van der Waals surface area contributed by atoms with Crippen molar-refractivity contribution >= 4 is 44.0 Å². The number of fused-ring (bicyclic) bond motifs is 1. The van der Waals surface area contributed by atoms with Crippen molar-refractivity contribution in [2.75, 3.05) is 34.4 Å². The van der Waals surface area contributed by atoms with E-state index in [-0.39, 0.29) is 35.1 Å². The molecule has 0 aliphatic carbocycles. The average molecular weight is 560 g/mol. The molecule has 0 bridgehead atoms. The van der Waals surface area contributed by atoms with Gasteiger partial charge in [0.25, 0.3) is 5.91 Å². The minimum Gasteiger partial charge on any atom is -0.372 e. The molecule has 0 spiro atoms. The lowest BCUT2D eigenvalue weighted by Crippen LogP contribution is -2.38. The van der Waals surface area contributed by atoms with Gasteiger partial charge in [0.05, 0.1) is 24.0 Å². The molecule has 3 saturated heterocycles. The van der Waals surface area contributed by atoms with Crippen molar-refractivity contribution < 1.29 is 13.2 Å². The second-order valence-corrected chi connectivity index (χ2v) is 14.1. The summed E-state index contributed by atoms with van der Waals surface area (Å²) < 4.78 is 24.9. The molecule has 3 fully saturated rings. The van der Waals surface area contributed by atoms with E-state index < -0.39 is 9.84 Å². The molecule has 0 unspecified atom stereocenters. The molecule has 0 saturated carbocycles. The molecule has 6 nitrogen and oxygen atoms in total. The number of sulfone groups is 1. The average Bonchev–Trinajstić information content (AvgIpc) is 3.41. The standard InChI is InChI=1S/C31H33N3O3S2/c35-30(20-24-9-5-2-6-10-24)32-31-34(28-21-39(36,37)22-29(28)38-31)27-13-11-26(12-14-27)33-17-15-25(16-18-33)19-23-7-3-1-4-8-23/h1-14,25,28-29H,15-22H2/t28-,29-/m0/s1. The number of aliphatic imine (C=N–C) groups is 1. The maximum atomic E-state index is 12.8. The number of amides is 1. The van der Waals surface area contributed by atoms with E-state index in [0.717, 1.165) is 30.8 Å². The largest absolute Gasteiger partial charge is 0.372 e. The number of hydrogen-bond acceptors (Lipinski definition) is 5. The quantitative estimate of drug-likeness (QED) is 0.424. The summed E-state index contributed by atoms with van der Waals surface area (Å²) in [5.41, 5.74) is 4.40. The van der Waals surface area contributed by atoms with Crippen molar-refractivity contribution in [1.29, 1.82) is 0 Å². The van der Waals surface area contributed by atoms with E-state index in [1.807, 2.05) is 35.2 Å². The van der Waals surface area contributed by atoms with Gasteiger partial charge in [-0.15, -0.1) is 0 Å². The van der Waals surface area contributed by atoms with Crippen LogP contribution in [-0.4, -0.2) is 55.4 Å². The van der Waals surface area contributed by atoms with Gasteiger partial charge in [0.15, 0.2) is 15.0 Å². The lowest BCUT2D eigenvalue weighted by Gasteiger charge is -2.34. The molecular formula is C31H33N3O3S2. The predicted molar refractivity (Wildman–Crippen MR) is 160 cm³/mol. The van der Waals surface area contributed by atoms with Crippen molar-refractivity contribution in [2.24, 2.45) is 10.9 Å². The van der Waals surface area contributed by atoms with Crippen LogP contribution in [0.25, 0.3) is 0 Å². The monoisotopic (exact) mass is 559 g/mol. The summed E-state index contributed by atoms with van der Waals surface area (Å²) in [6.07, 6.45) is 3.70. The van der Waals surface area contributed by atoms with Gasteiger partial charge in [0.1, 0.15) is 0 Å². The number of amidine groups is 1.